The Balaban J connectivity index is 2.08. The van der Waals surface area contributed by atoms with Crippen molar-refractivity contribution in [2.24, 2.45) is 5.92 Å². The van der Waals surface area contributed by atoms with E-state index in [1.54, 1.807) is 6.92 Å². The summed E-state index contributed by atoms with van der Waals surface area (Å²) in [5.41, 5.74) is 0.234. The molecule has 1 atom stereocenters. The van der Waals surface area contributed by atoms with Gasteiger partial charge in [-0.25, -0.2) is 4.79 Å². The van der Waals surface area contributed by atoms with Crippen LogP contribution in [0.25, 0.3) is 0 Å². The van der Waals surface area contributed by atoms with E-state index in [9.17, 15) is 4.79 Å². The van der Waals surface area contributed by atoms with Crippen LogP contribution in [0.15, 0.2) is 12.2 Å². The second-order valence-electron chi connectivity index (χ2n) is 5.00. The lowest BCUT2D eigenvalue weighted by atomic mass is 9.85. The summed E-state index contributed by atoms with van der Waals surface area (Å²) in [5.74, 6) is 0.145. The van der Waals surface area contributed by atoms with Gasteiger partial charge in [0.25, 0.3) is 0 Å². The molecule has 0 aromatic rings. The van der Waals surface area contributed by atoms with E-state index in [0.29, 0.717) is 11.5 Å². The van der Waals surface area contributed by atoms with Crippen molar-refractivity contribution in [2.75, 3.05) is 13.2 Å². The number of hydrogen-bond acceptors (Lipinski definition) is 3. The summed E-state index contributed by atoms with van der Waals surface area (Å²) < 4.78 is 11.1. The van der Waals surface area contributed by atoms with Crippen molar-refractivity contribution >= 4 is 5.97 Å². The predicted octanol–water partition coefficient (Wildman–Crippen LogP) is 2.46. The lowest BCUT2D eigenvalue weighted by molar-refractivity contribution is -0.160. The van der Waals surface area contributed by atoms with Gasteiger partial charge in [0, 0.05) is 18.1 Å². The van der Waals surface area contributed by atoms with Crippen LogP contribution >= 0.6 is 0 Å². The Hall–Kier alpha value is -0.830. The van der Waals surface area contributed by atoms with E-state index in [2.05, 4.69) is 6.58 Å². The van der Waals surface area contributed by atoms with Gasteiger partial charge in [-0.15, -0.1) is 0 Å². The fraction of sp³-hybridized carbons (Fsp3) is 0.769. The maximum absolute atomic E-state index is 11.7. The molecule has 0 aromatic carbocycles. The molecule has 0 amide bonds. The number of ether oxygens (including phenoxy) is 2. The SMILES string of the molecule is C=C(C)C(=O)OC1(C2CCOC2)CCCC1. The Morgan fingerprint density at radius 1 is 1.44 bits per heavy atom. The standard InChI is InChI=1S/C13H20O3/c1-10(2)12(14)16-13(6-3-4-7-13)11-5-8-15-9-11/h11H,1,3-9H2,2H3. The summed E-state index contributed by atoms with van der Waals surface area (Å²) in [6.07, 6.45) is 5.30. The van der Waals surface area contributed by atoms with Gasteiger partial charge >= 0.3 is 5.97 Å². The van der Waals surface area contributed by atoms with E-state index < -0.39 is 0 Å². The lowest BCUT2D eigenvalue weighted by Crippen LogP contribution is -2.40. The quantitative estimate of drug-likeness (QED) is 0.545. The molecule has 0 aromatic heterocycles. The zero-order valence-corrected chi connectivity index (χ0v) is 9.96. The van der Waals surface area contributed by atoms with Crippen LogP contribution < -0.4 is 0 Å². The molecule has 2 fully saturated rings. The highest BCUT2D eigenvalue weighted by Crippen LogP contribution is 2.43. The van der Waals surface area contributed by atoms with Crippen LogP contribution in [-0.2, 0) is 14.3 Å². The van der Waals surface area contributed by atoms with Crippen molar-refractivity contribution in [3.05, 3.63) is 12.2 Å². The van der Waals surface area contributed by atoms with Gasteiger partial charge in [-0.3, -0.25) is 0 Å². The fourth-order valence-electron chi connectivity index (χ4n) is 2.79. The summed E-state index contributed by atoms with van der Waals surface area (Å²) in [7, 11) is 0. The van der Waals surface area contributed by atoms with Crippen molar-refractivity contribution in [1.29, 1.82) is 0 Å². The molecule has 3 heteroatoms. The summed E-state index contributed by atoms with van der Waals surface area (Å²) in [6.45, 7) is 6.90. The van der Waals surface area contributed by atoms with Gasteiger partial charge in [-0.05, 0) is 39.0 Å². The van der Waals surface area contributed by atoms with Gasteiger partial charge in [0.05, 0.1) is 6.61 Å². The van der Waals surface area contributed by atoms with Crippen molar-refractivity contribution < 1.29 is 14.3 Å². The molecule has 16 heavy (non-hydrogen) atoms. The fourth-order valence-corrected chi connectivity index (χ4v) is 2.79. The first-order valence-electron chi connectivity index (χ1n) is 6.11. The molecule has 3 nitrogen and oxygen atoms in total. The maximum Gasteiger partial charge on any atom is 0.333 e. The lowest BCUT2D eigenvalue weighted by Gasteiger charge is -2.34. The molecule has 1 saturated heterocycles. The molecule has 2 aliphatic rings. The third-order valence-corrected chi connectivity index (χ3v) is 3.77. The minimum atomic E-state index is -0.257. The molecule has 0 bridgehead atoms. The minimum Gasteiger partial charge on any atom is -0.455 e. The van der Waals surface area contributed by atoms with E-state index >= 15 is 0 Å². The largest absolute Gasteiger partial charge is 0.455 e. The molecule has 1 aliphatic carbocycles. The Morgan fingerprint density at radius 2 is 2.12 bits per heavy atom. The highest BCUT2D eigenvalue weighted by atomic mass is 16.6. The van der Waals surface area contributed by atoms with Crippen molar-refractivity contribution in [3.63, 3.8) is 0 Å². The van der Waals surface area contributed by atoms with E-state index in [-0.39, 0.29) is 11.6 Å². The molecular formula is C13H20O3. The first kappa shape index (κ1) is 11.6. The van der Waals surface area contributed by atoms with Crippen LogP contribution in [0.1, 0.15) is 39.0 Å². The smallest absolute Gasteiger partial charge is 0.333 e. The van der Waals surface area contributed by atoms with E-state index in [1.165, 1.54) is 0 Å². The van der Waals surface area contributed by atoms with Gasteiger partial charge in [0.2, 0.25) is 0 Å². The van der Waals surface area contributed by atoms with Crippen molar-refractivity contribution in [2.45, 2.75) is 44.6 Å². The van der Waals surface area contributed by atoms with Crippen LogP contribution in [0.2, 0.25) is 0 Å². The van der Waals surface area contributed by atoms with Gasteiger partial charge in [0.1, 0.15) is 5.60 Å². The zero-order valence-electron chi connectivity index (χ0n) is 9.96. The van der Waals surface area contributed by atoms with Gasteiger partial charge in [-0.1, -0.05) is 6.58 Å². The summed E-state index contributed by atoms with van der Waals surface area (Å²) in [5, 5.41) is 0. The van der Waals surface area contributed by atoms with E-state index in [0.717, 1.165) is 45.3 Å². The van der Waals surface area contributed by atoms with E-state index in [4.69, 9.17) is 9.47 Å². The van der Waals surface area contributed by atoms with Crippen LogP contribution in [-0.4, -0.2) is 24.8 Å². The zero-order chi connectivity index (χ0) is 11.6. The van der Waals surface area contributed by atoms with Gasteiger partial charge in [-0.2, -0.15) is 0 Å². The molecule has 1 unspecified atom stereocenters. The third kappa shape index (κ3) is 2.14. The molecule has 1 heterocycles. The Morgan fingerprint density at radius 3 is 2.62 bits per heavy atom. The predicted molar refractivity (Wildman–Crippen MR) is 61.0 cm³/mol. The second kappa shape index (κ2) is 4.58. The molecule has 1 saturated carbocycles. The van der Waals surface area contributed by atoms with Gasteiger partial charge < -0.3 is 9.47 Å². The van der Waals surface area contributed by atoms with Crippen LogP contribution in [0, 0.1) is 5.92 Å². The molecule has 1 aliphatic heterocycles. The Labute approximate surface area is 96.8 Å². The van der Waals surface area contributed by atoms with Crippen LogP contribution in [0.3, 0.4) is 0 Å². The van der Waals surface area contributed by atoms with Crippen LogP contribution in [0.4, 0.5) is 0 Å². The normalized spacial score (nSPS) is 27.9. The number of carbonyl (C=O) groups is 1. The Kier molecular flexibility index (Phi) is 3.33. The topological polar surface area (TPSA) is 35.5 Å². The summed E-state index contributed by atoms with van der Waals surface area (Å²) in [4.78, 5) is 11.7. The minimum absolute atomic E-state index is 0.242. The molecular weight excluding hydrogens is 204 g/mol. The number of rotatable bonds is 3. The van der Waals surface area contributed by atoms with Crippen molar-refractivity contribution in [3.8, 4) is 0 Å². The maximum atomic E-state index is 11.7. The molecule has 0 spiro atoms. The molecule has 90 valence electrons. The first-order chi connectivity index (χ1) is 7.64. The first-order valence-corrected chi connectivity index (χ1v) is 6.11. The number of esters is 1. The average molecular weight is 224 g/mol. The average Bonchev–Trinajstić information content (AvgIpc) is 2.87. The monoisotopic (exact) mass is 224 g/mol. The molecule has 0 radical (unpaired) electrons. The third-order valence-electron chi connectivity index (χ3n) is 3.77. The summed E-state index contributed by atoms with van der Waals surface area (Å²) >= 11 is 0. The van der Waals surface area contributed by atoms with E-state index in [1.807, 2.05) is 0 Å². The molecule has 2 rings (SSSR count). The Bertz CT molecular complexity index is 284. The summed E-state index contributed by atoms with van der Waals surface area (Å²) in [6, 6.07) is 0. The number of hydrogen-bond donors (Lipinski definition) is 0. The van der Waals surface area contributed by atoms with Crippen LogP contribution in [0.5, 0.6) is 0 Å². The highest BCUT2D eigenvalue weighted by molar-refractivity contribution is 5.87. The highest BCUT2D eigenvalue weighted by Gasteiger charge is 2.46. The molecule has 0 N–H and O–H groups in total. The van der Waals surface area contributed by atoms with Crippen molar-refractivity contribution in [1.82, 2.24) is 0 Å². The number of carbonyl (C=O) groups excluding carboxylic acids is 1. The second-order valence-corrected chi connectivity index (χ2v) is 5.00. The van der Waals surface area contributed by atoms with Gasteiger partial charge in [0.15, 0.2) is 0 Å².